The molecule has 0 aromatic heterocycles. The third-order valence-corrected chi connectivity index (χ3v) is 1.89. The lowest BCUT2D eigenvalue weighted by Gasteiger charge is -2.13. The van der Waals surface area contributed by atoms with Crippen molar-refractivity contribution < 1.29 is 4.92 Å². The zero-order chi connectivity index (χ0) is 8.43. The van der Waals surface area contributed by atoms with Crippen LogP contribution in [0, 0.1) is 10.1 Å². The Kier molecular flexibility index (Phi) is 2.24. The molecule has 0 bridgehead atoms. The molecule has 0 aromatic carbocycles. The second-order valence-electron chi connectivity index (χ2n) is 2.29. The molecule has 0 aliphatic carbocycles. The van der Waals surface area contributed by atoms with Crippen LogP contribution >= 0.6 is 11.6 Å². The Morgan fingerprint density at radius 2 is 2.45 bits per heavy atom. The van der Waals surface area contributed by atoms with Gasteiger partial charge in [0.15, 0.2) is 0 Å². The summed E-state index contributed by atoms with van der Waals surface area (Å²) in [5, 5.41) is 9.81. The van der Waals surface area contributed by atoms with Crippen LogP contribution in [0.4, 0.5) is 0 Å². The van der Waals surface area contributed by atoms with Crippen molar-refractivity contribution in [1.82, 2.24) is 0 Å². The minimum Gasteiger partial charge on any atom is -0.264 e. The van der Waals surface area contributed by atoms with Gasteiger partial charge in [0, 0.05) is 11.1 Å². The largest absolute Gasteiger partial charge is 0.270 e. The highest BCUT2D eigenvalue weighted by Crippen LogP contribution is 2.14. The van der Waals surface area contributed by atoms with Crippen molar-refractivity contribution in [3.8, 4) is 0 Å². The van der Waals surface area contributed by atoms with Crippen molar-refractivity contribution in [2.24, 2.45) is 4.99 Å². The molecule has 1 aliphatic rings. The summed E-state index contributed by atoms with van der Waals surface area (Å²) in [6.45, 7) is 1.60. The van der Waals surface area contributed by atoms with Crippen LogP contribution in [0.3, 0.4) is 0 Å². The van der Waals surface area contributed by atoms with E-state index in [1.807, 2.05) is 0 Å². The Balaban J connectivity index is 2.86. The Bertz CT molecular complexity index is 237. The molecular formula is C6H7ClN2O2. The smallest absolute Gasteiger partial charge is 0.264 e. The van der Waals surface area contributed by atoms with Gasteiger partial charge in [-0.3, -0.25) is 15.1 Å². The lowest BCUT2D eigenvalue weighted by atomic mass is 10.1. The summed E-state index contributed by atoms with van der Waals surface area (Å²) in [4.78, 5) is 13.8. The van der Waals surface area contributed by atoms with Gasteiger partial charge in [0.2, 0.25) is 0 Å². The maximum atomic E-state index is 10.4. The average Bonchev–Trinajstić information content (AvgIpc) is 1.85. The molecule has 11 heavy (non-hydrogen) atoms. The van der Waals surface area contributed by atoms with E-state index in [2.05, 4.69) is 4.99 Å². The lowest BCUT2D eigenvalue weighted by Crippen LogP contribution is -2.36. The van der Waals surface area contributed by atoms with Crippen molar-refractivity contribution >= 4 is 17.3 Å². The van der Waals surface area contributed by atoms with Gasteiger partial charge in [0.1, 0.15) is 5.38 Å². The number of nitro groups is 1. The van der Waals surface area contributed by atoms with E-state index >= 15 is 0 Å². The fourth-order valence-corrected chi connectivity index (χ4v) is 1.26. The Morgan fingerprint density at radius 1 is 1.82 bits per heavy atom. The van der Waals surface area contributed by atoms with Crippen molar-refractivity contribution in [2.45, 2.75) is 18.3 Å². The molecule has 0 spiro atoms. The fraction of sp³-hybridized carbons (Fsp3) is 0.500. The van der Waals surface area contributed by atoms with Gasteiger partial charge >= 0.3 is 0 Å². The third kappa shape index (κ3) is 1.57. The quantitative estimate of drug-likeness (QED) is 0.341. The predicted molar refractivity (Wildman–Crippen MR) is 42.7 cm³/mol. The van der Waals surface area contributed by atoms with Gasteiger partial charge in [0.25, 0.3) is 6.04 Å². The highest BCUT2D eigenvalue weighted by Gasteiger charge is 2.32. The van der Waals surface area contributed by atoms with Gasteiger partial charge in [-0.05, 0) is 13.0 Å². The van der Waals surface area contributed by atoms with E-state index in [1.54, 1.807) is 6.92 Å². The fourth-order valence-electron chi connectivity index (χ4n) is 0.924. The second-order valence-corrected chi connectivity index (χ2v) is 2.79. The number of nitrogens with zero attached hydrogens (tertiary/aromatic N) is 2. The minimum absolute atomic E-state index is 0.417. The van der Waals surface area contributed by atoms with E-state index in [1.165, 1.54) is 12.3 Å². The third-order valence-electron chi connectivity index (χ3n) is 1.50. The van der Waals surface area contributed by atoms with Crippen LogP contribution in [0.1, 0.15) is 6.92 Å². The van der Waals surface area contributed by atoms with Gasteiger partial charge in [-0.2, -0.15) is 0 Å². The first-order chi connectivity index (χ1) is 5.13. The molecule has 1 heterocycles. The molecular weight excluding hydrogens is 168 g/mol. The highest BCUT2D eigenvalue weighted by molar-refractivity contribution is 6.24. The average molecular weight is 175 g/mol. The molecule has 0 aromatic rings. The van der Waals surface area contributed by atoms with Crippen molar-refractivity contribution in [3.05, 3.63) is 22.4 Å². The van der Waals surface area contributed by atoms with Gasteiger partial charge in [-0.15, -0.1) is 11.6 Å². The van der Waals surface area contributed by atoms with Crippen LogP contribution in [0.25, 0.3) is 0 Å². The summed E-state index contributed by atoms with van der Waals surface area (Å²) in [7, 11) is 0. The molecule has 0 radical (unpaired) electrons. The van der Waals surface area contributed by atoms with Crippen LogP contribution in [0.5, 0.6) is 0 Å². The van der Waals surface area contributed by atoms with Crippen molar-refractivity contribution in [2.75, 3.05) is 0 Å². The zero-order valence-electron chi connectivity index (χ0n) is 5.90. The van der Waals surface area contributed by atoms with E-state index in [0.717, 1.165) is 0 Å². The first kappa shape index (κ1) is 8.20. The summed E-state index contributed by atoms with van der Waals surface area (Å²) < 4.78 is 0. The summed E-state index contributed by atoms with van der Waals surface area (Å²) in [5.41, 5.74) is 0.456. The number of halogens is 1. The minimum atomic E-state index is -0.860. The van der Waals surface area contributed by atoms with Crippen LogP contribution in [-0.4, -0.2) is 22.1 Å². The lowest BCUT2D eigenvalue weighted by molar-refractivity contribution is -0.501. The predicted octanol–water partition coefficient (Wildman–Crippen LogP) is 1.23. The summed E-state index contributed by atoms with van der Waals surface area (Å²) in [6, 6.07) is -0.860. The first-order valence-electron chi connectivity index (χ1n) is 3.11. The van der Waals surface area contributed by atoms with E-state index in [-0.39, 0.29) is 0 Å². The molecule has 2 atom stereocenters. The van der Waals surface area contributed by atoms with Crippen LogP contribution in [-0.2, 0) is 0 Å². The number of hydrogen-bond acceptors (Lipinski definition) is 3. The van der Waals surface area contributed by atoms with Gasteiger partial charge < -0.3 is 0 Å². The van der Waals surface area contributed by atoms with Crippen LogP contribution in [0.15, 0.2) is 17.3 Å². The molecule has 60 valence electrons. The number of aliphatic imine (C=N–C) groups is 1. The van der Waals surface area contributed by atoms with Gasteiger partial charge in [0.05, 0.1) is 5.71 Å². The topological polar surface area (TPSA) is 55.5 Å². The molecule has 4 nitrogen and oxygen atoms in total. The van der Waals surface area contributed by atoms with E-state index in [0.29, 0.717) is 5.71 Å². The monoisotopic (exact) mass is 174 g/mol. The number of rotatable bonds is 1. The molecule has 1 aliphatic heterocycles. The standard InChI is InChI=1S/C6H7ClN2O2/c1-4-6(9(10)11)5(7)2-3-8-4/h2-3,5-6H,1H3. The normalized spacial score (nSPS) is 29.8. The summed E-state index contributed by atoms with van der Waals surface area (Å²) >= 11 is 5.66. The zero-order valence-corrected chi connectivity index (χ0v) is 6.65. The van der Waals surface area contributed by atoms with Gasteiger partial charge in [-0.1, -0.05) is 0 Å². The Morgan fingerprint density at radius 3 is 2.82 bits per heavy atom. The highest BCUT2D eigenvalue weighted by atomic mass is 35.5. The van der Waals surface area contributed by atoms with Crippen LogP contribution < -0.4 is 0 Å². The molecule has 0 saturated carbocycles. The molecule has 2 unspecified atom stereocenters. The second kappa shape index (κ2) is 3.00. The van der Waals surface area contributed by atoms with Crippen molar-refractivity contribution in [1.29, 1.82) is 0 Å². The molecule has 0 fully saturated rings. The van der Waals surface area contributed by atoms with Crippen LogP contribution in [0.2, 0.25) is 0 Å². The maximum absolute atomic E-state index is 10.4. The van der Waals surface area contributed by atoms with E-state index in [4.69, 9.17) is 11.6 Å². The molecule has 1 rings (SSSR count). The molecule has 0 amide bonds. The number of alkyl halides is 1. The summed E-state index contributed by atoms with van der Waals surface area (Å²) in [5.74, 6) is 0. The Hall–Kier alpha value is -0.900. The molecule has 5 heteroatoms. The van der Waals surface area contributed by atoms with Gasteiger partial charge in [-0.25, -0.2) is 0 Å². The Labute approximate surface area is 68.7 Å². The first-order valence-corrected chi connectivity index (χ1v) is 3.55. The maximum Gasteiger partial charge on any atom is 0.270 e. The summed E-state index contributed by atoms with van der Waals surface area (Å²) in [6.07, 6.45) is 3.01. The molecule has 0 N–H and O–H groups in total. The number of hydrogen-bond donors (Lipinski definition) is 0. The SMILES string of the molecule is CC1=NC=CC(Cl)C1[N+](=O)[O-]. The van der Waals surface area contributed by atoms with E-state index in [9.17, 15) is 10.1 Å². The van der Waals surface area contributed by atoms with E-state index < -0.39 is 16.3 Å². The molecule has 0 saturated heterocycles. The van der Waals surface area contributed by atoms with Crippen molar-refractivity contribution in [3.63, 3.8) is 0 Å².